The van der Waals surface area contributed by atoms with Crippen molar-refractivity contribution in [2.24, 2.45) is 0 Å². The van der Waals surface area contributed by atoms with Gasteiger partial charge in [0, 0.05) is 24.3 Å². The number of hydrogen-bond acceptors (Lipinski definition) is 6. The predicted molar refractivity (Wildman–Crippen MR) is 68.1 cm³/mol. The normalized spacial score (nSPS) is 7.50. The molecule has 112 valence electrons. The smallest absolute Gasteiger partial charge is 0.550 e. The zero-order valence-corrected chi connectivity index (χ0v) is 13.4. The number of aromatic nitrogens is 1. The van der Waals surface area contributed by atoms with Crippen LogP contribution in [0.2, 0.25) is 0 Å². The van der Waals surface area contributed by atoms with Crippen LogP contribution in [-0.2, 0) is 30.7 Å². The van der Waals surface area contributed by atoms with E-state index < -0.39 is 11.9 Å². The standard InChI is InChI=1S/C9H7N.2C2H4O2.H3N.Pt/c1-2-4-9-7-10-6-5-8(9)3-1;2*1-2(3)4;;/h1-7H;2*1H3,(H,3,4);1H3;/q;;;;+2/p-2. The van der Waals surface area contributed by atoms with Gasteiger partial charge in [0.15, 0.2) is 0 Å². The second-order valence-corrected chi connectivity index (χ2v) is 3.21. The van der Waals surface area contributed by atoms with Crippen molar-refractivity contribution in [1.82, 2.24) is 11.1 Å². The van der Waals surface area contributed by atoms with Gasteiger partial charge in [0.2, 0.25) is 0 Å². The van der Waals surface area contributed by atoms with Crippen molar-refractivity contribution >= 4 is 22.7 Å². The number of aliphatic carboxylic acids is 2. The van der Waals surface area contributed by atoms with Gasteiger partial charge < -0.3 is 26.0 Å². The molecule has 1 aromatic heterocycles. The molecule has 3 N–H and O–H groups in total. The van der Waals surface area contributed by atoms with E-state index in [1.165, 1.54) is 10.8 Å². The third-order valence-corrected chi connectivity index (χ3v) is 1.55. The van der Waals surface area contributed by atoms with E-state index in [0.29, 0.717) is 0 Å². The molecule has 20 heavy (non-hydrogen) atoms. The molecule has 0 atom stereocenters. The van der Waals surface area contributed by atoms with Crippen molar-refractivity contribution in [2.45, 2.75) is 13.8 Å². The molecule has 0 aliphatic rings. The Labute approximate surface area is 131 Å². The molecule has 0 radical (unpaired) electrons. The van der Waals surface area contributed by atoms with Crippen LogP contribution in [0.15, 0.2) is 42.7 Å². The monoisotopic (exact) mass is 459 g/mol. The van der Waals surface area contributed by atoms with Crippen molar-refractivity contribution in [3.05, 3.63) is 42.7 Å². The quantitative estimate of drug-likeness (QED) is 0.586. The third-order valence-electron chi connectivity index (χ3n) is 1.55. The molecule has 0 amide bonds. The average molecular weight is 459 g/mol. The van der Waals surface area contributed by atoms with Crippen LogP contribution in [0.1, 0.15) is 13.8 Å². The molecular formula is C13H16N2O4Pt. The Morgan fingerprint density at radius 3 is 1.75 bits per heavy atom. The van der Waals surface area contributed by atoms with Gasteiger partial charge in [0.1, 0.15) is 0 Å². The molecule has 6 nitrogen and oxygen atoms in total. The van der Waals surface area contributed by atoms with Crippen LogP contribution < -0.4 is 16.4 Å². The molecule has 0 aliphatic carbocycles. The Balaban J connectivity index is -0.000000251. The van der Waals surface area contributed by atoms with Gasteiger partial charge in [-0.05, 0) is 30.7 Å². The van der Waals surface area contributed by atoms with E-state index in [1.54, 1.807) is 0 Å². The summed E-state index contributed by atoms with van der Waals surface area (Å²) in [5.41, 5.74) is 0. The number of carbonyl (C=O) groups is 2. The summed E-state index contributed by atoms with van der Waals surface area (Å²) >= 11 is 0. The number of pyridine rings is 1. The minimum atomic E-state index is -1.08. The summed E-state index contributed by atoms with van der Waals surface area (Å²) in [5.74, 6) is -2.17. The zero-order chi connectivity index (χ0) is 14.0. The number of nitrogens with zero attached hydrogens (tertiary/aromatic N) is 1. The van der Waals surface area contributed by atoms with Crippen LogP contribution >= 0.6 is 0 Å². The maximum absolute atomic E-state index is 8.89. The van der Waals surface area contributed by atoms with Gasteiger partial charge in [-0.3, -0.25) is 4.98 Å². The van der Waals surface area contributed by atoms with Crippen molar-refractivity contribution < 1.29 is 40.9 Å². The van der Waals surface area contributed by atoms with Crippen LogP contribution in [0.5, 0.6) is 0 Å². The van der Waals surface area contributed by atoms with E-state index in [1.807, 2.05) is 30.6 Å². The van der Waals surface area contributed by atoms with Crippen LogP contribution in [0.25, 0.3) is 10.8 Å². The van der Waals surface area contributed by atoms with Gasteiger partial charge in [-0.15, -0.1) is 0 Å². The number of rotatable bonds is 0. The average Bonchev–Trinajstić information content (AvgIpc) is 2.28. The summed E-state index contributed by atoms with van der Waals surface area (Å²) in [5, 5.41) is 20.2. The maximum Gasteiger partial charge on any atom is 2.00 e. The van der Waals surface area contributed by atoms with Gasteiger partial charge in [0.25, 0.3) is 0 Å². The first-order valence-electron chi connectivity index (χ1n) is 5.07. The Morgan fingerprint density at radius 1 is 0.950 bits per heavy atom. The van der Waals surface area contributed by atoms with E-state index in [-0.39, 0.29) is 27.2 Å². The minimum Gasteiger partial charge on any atom is -0.550 e. The van der Waals surface area contributed by atoms with Crippen molar-refractivity contribution in [3.8, 4) is 0 Å². The second kappa shape index (κ2) is 13.6. The molecule has 1 aromatic carbocycles. The molecular weight excluding hydrogens is 443 g/mol. The molecule has 7 heteroatoms. The molecule has 0 saturated heterocycles. The molecule has 0 aliphatic heterocycles. The van der Waals surface area contributed by atoms with Crippen LogP contribution in [-0.4, -0.2) is 16.9 Å². The third kappa shape index (κ3) is 14.3. The predicted octanol–water partition coefficient (Wildman–Crippen LogP) is -0.0933. The molecule has 2 aromatic rings. The number of carboxylic acids is 2. The van der Waals surface area contributed by atoms with Crippen molar-refractivity contribution in [2.75, 3.05) is 0 Å². The molecule has 0 unspecified atom stereocenters. The first-order valence-corrected chi connectivity index (χ1v) is 5.07. The fourth-order valence-electron chi connectivity index (χ4n) is 1.03. The molecule has 2 rings (SSSR count). The Bertz CT molecular complexity index is 435. The van der Waals surface area contributed by atoms with Crippen LogP contribution in [0.4, 0.5) is 0 Å². The summed E-state index contributed by atoms with van der Waals surface area (Å²) in [6, 6.07) is 10.2. The van der Waals surface area contributed by atoms with E-state index in [9.17, 15) is 0 Å². The van der Waals surface area contributed by atoms with E-state index in [2.05, 4.69) is 17.1 Å². The summed E-state index contributed by atoms with van der Waals surface area (Å²) in [7, 11) is 0. The fourth-order valence-corrected chi connectivity index (χ4v) is 1.03. The van der Waals surface area contributed by atoms with Crippen molar-refractivity contribution in [1.29, 1.82) is 0 Å². The first-order chi connectivity index (χ1) is 8.43. The largest absolute Gasteiger partial charge is 2.00 e. The van der Waals surface area contributed by atoms with E-state index in [0.717, 1.165) is 13.8 Å². The van der Waals surface area contributed by atoms with Gasteiger partial charge in [-0.1, -0.05) is 24.3 Å². The van der Waals surface area contributed by atoms with Gasteiger partial charge in [0.05, 0.1) is 0 Å². The first kappa shape index (κ1) is 23.3. The number of fused-ring (bicyclic) bond motifs is 1. The Kier molecular flexibility index (Phi) is 15.9. The van der Waals surface area contributed by atoms with Crippen molar-refractivity contribution in [3.63, 3.8) is 0 Å². The van der Waals surface area contributed by atoms with Gasteiger partial charge in [-0.25, -0.2) is 0 Å². The minimum absolute atomic E-state index is 0. The molecule has 0 fully saturated rings. The maximum atomic E-state index is 8.89. The number of benzene rings is 1. The number of carboxylic acid groups (broad SMARTS) is 2. The Hall–Kier alpha value is -1.78. The summed E-state index contributed by atoms with van der Waals surface area (Å²) in [6.07, 6.45) is 3.68. The molecule has 0 bridgehead atoms. The Morgan fingerprint density at radius 2 is 1.35 bits per heavy atom. The van der Waals surface area contributed by atoms with Crippen LogP contribution in [0.3, 0.4) is 0 Å². The fraction of sp³-hybridized carbons (Fsp3) is 0.154. The van der Waals surface area contributed by atoms with Gasteiger partial charge >= 0.3 is 21.1 Å². The summed E-state index contributed by atoms with van der Waals surface area (Å²) < 4.78 is 0. The summed E-state index contributed by atoms with van der Waals surface area (Å²) in [6.45, 7) is 1.94. The number of hydrogen-bond donors (Lipinski definition) is 1. The number of carbonyl (C=O) groups excluding carboxylic acids is 2. The second-order valence-electron chi connectivity index (χ2n) is 3.21. The molecule has 0 spiro atoms. The molecule has 1 heterocycles. The van der Waals surface area contributed by atoms with E-state index >= 15 is 0 Å². The summed E-state index contributed by atoms with van der Waals surface area (Å²) in [4.78, 5) is 21.8. The van der Waals surface area contributed by atoms with Crippen LogP contribution in [0, 0.1) is 0 Å². The zero-order valence-electron chi connectivity index (χ0n) is 11.1. The van der Waals surface area contributed by atoms with Gasteiger partial charge in [-0.2, -0.15) is 0 Å². The molecule has 0 saturated carbocycles. The topological polar surface area (TPSA) is 128 Å². The van der Waals surface area contributed by atoms with E-state index in [4.69, 9.17) is 19.8 Å². The SMILES string of the molecule is CC(=O)[O-].CC(=O)[O-].N.[Pt+2].c1ccc2cnccc2c1.